The number of rotatable bonds is 6. The highest BCUT2D eigenvalue weighted by Gasteiger charge is 2.26. The number of benzene rings is 2. The van der Waals surface area contributed by atoms with E-state index in [0.29, 0.717) is 18.1 Å². The molecule has 0 heterocycles. The van der Waals surface area contributed by atoms with Gasteiger partial charge in [0.25, 0.3) is 0 Å². The molecule has 0 spiro atoms. The number of urea groups is 1. The molecular weight excluding hydrogens is 338 g/mol. The highest BCUT2D eigenvalue weighted by Crippen LogP contribution is 2.22. The topological polar surface area (TPSA) is 61.4 Å². The van der Waals surface area contributed by atoms with Gasteiger partial charge in [0.05, 0.1) is 0 Å². The van der Waals surface area contributed by atoms with E-state index in [9.17, 15) is 9.59 Å². The normalized spacial score (nSPS) is 11.8. The molecule has 1 atom stereocenters. The standard InChI is InChI=1S/C19H22ClN3O2/c1-3-21-19(25)22-18(24)17(15-7-5-4-6-8-15)23(2)13-14-9-11-16(20)12-10-14/h4-12,17H,3,13H2,1-2H3,(H2,21,22,24,25)/t17-/m1/s1. The Morgan fingerprint density at radius 1 is 1.08 bits per heavy atom. The maximum Gasteiger partial charge on any atom is 0.321 e. The molecule has 0 aliphatic rings. The Balaban J connectivity index is 2.20. The molecule has 25 heavy (non-hydrogen) atoms. The summed E-state index contributed by atoms with van der Waals surface area (Å²) >= 11 is 5.92. The summed E-state index contributed by atoms with van der Waals surface area (Å²) in [4.78, 5) is 26.3. The van der Waals surface area contributed by atoms with E-state index in [2.05, 4.69) is 10.6 Å². The van der Waals surface area contributed by atoms with Crippen molar-refractivity contribution < 1.29 is 9.59 Å². The number of halogens is 1. The van der Waals surface area contributed by atoms with Crippen molar-refractivity contribution in [2.24, 2.45) is 0 Å². The average molecular weight is 360 g/mol. The van der Waals surface area contributed by atoms with Gasteiger partial charge in [-0.1, -0.05) is 54.1 Å². The molecule has 6 heteroatoms. The number of imide groups is 1. The molecule has 0 aliphatic heterocycles. The van der Waals surface area contributed by atoms with Crippen molar-refractivity contribution in [3.05, 3.63) is 70.7 Å². The molecule has 0 aliphatic carbocycles. The number of hydrogen-bond donors (Lipinski definition) is 2. The first-order valence-electron chi connectivity index (χ1n) is 8.09. The summed E-state index contributed by atoms with van der Waals surface area (Å²) in [7, 11) is 1.85. The van der Waals surface area contributed by atoms with Gasteiger partial charge in [0, 0.05) is 18.1 Å². The second-order valence-corrected chi connectivity index (χ2v) is 6.14. The van der Waals surface area contributed by atoms with Crippen LogP contribution in [0.25, 0.3) is 0 Å². The molecule has 0 unspecified atom stereocenters. The number of amides is 3. The maximum atomic E-state index is 12.7. The molecule has 0 saturated carbocycles. The van der Waals surface area contributed by atoms with Crippen molar-refractivity contribution in [2.45, 2.75) is 19.5 Å². The number of hydrogen-bond acceptors (Lipinski definition) is 3. The van der Waals surface area contributed by atoms with Gasteiger partial charge in [-0.3, -0.25) is 15.0 Å². The van der Waals surface area contributed by atoms with Gasteiger partial charge >= 0.3 is 6.03 Å². The van der Waals surface area contributed by atoms with Crippen LogP contribution in [0.5, 0.6) is 0 Å². The Hall–Kier alpha value is -2.37. The minimum atomic E-state index is -0.584. The van der Waals surface area contributed by atoms with Gasteiger partial charge in [-0.2, -0.15) is 0 Å². The summed E-state index contributed by atoms with van der Waals surface area (Å²) < 4.78 is 0. The van der Waals surface area contributed by atoms with Gasteiger partial charge in [0.15, 0.2) is 0 Å². The highest BCUT2D eigenvalue weighted by atomic mass is 35.5. The van der Waals surface area contributed by atoms with Crippen molar-refractivity contribution >= 4 is 23.5 Å². The number of carbonyl (C=O) groups excluding carboxylic acids is 2. The van der Waals surface area contributed by atoms with Gasteiger partial charge < -0.3 is 5.32 Å². The molecule has 132 valence electrons. The fraction of sp³-hybridized carbons (Fsp3) is 0.263. The van der Waals surface area contributed by atoms with Crippen LogP contribution in [0, 0.1) is 0 Å². The summed E-state index contributed by atoms with van der Waals surface area (Å²) in [5.41, 5.74) is 1.85. The van der Waals surface area contributed by atoms with Gasteiger partial charge in [-0.25, -0.2) is 4.79 Å². The van der Waals surface area contributed by atoms with E-state index >= 15 is 0 Å². The lowest BCUT2D eigenvalue weighted by Crippen LogP contribution is -2.45. The van der Waals surface area contributed by atoms with E-state index < -0.39 is 12.1 Å². The summed E-state index contributed by atoms with van der Waals surface area (Å²) in [5, 5.41) is 5.64. The first-order chi connectivity index (χ1) is 12.0. The SMILES string of the molecule is CCNC(=O)NC(=O)[C@@H](c1ccccc1)N(C)Cc1ccc(Cl)cc1. The first kappa shape index (κ1) is 19.0. The minimum absolute atomic E-state index is 0.367. The van der Waals surface area contributed by atoms with Crippen LogP contribution in [-0.4, -0.2) is 30.4 Å². The number of nitrogens with zero attached hydrogens (tertiary/aromatic N) is 1. The van der Waals surface area contributed by atoms with Crippen LogP contribution >= 0.6 is 11.6 Å². The van der Waals surface area contributed by atoms with Crippen LogP contribution in [0.1, 0.15) is 24.1 Å². The Labute approximate surface area is 153 Å². The van der Waals surface area contributed by atoms with E-state index in [1.54, 1.807) is 6.92 Å². The van der Waals surface area contributed by atoms with Crippen LogP contribution in [0.3, 0.4) is 0 Å². The van der Waals surface area contributed by atoms with Crippen molar-refractivity contribution in [1.29, 1.82) is 0 Å². The molecule has 0 bridgehead atoms. The molecule has 3 amide bonds. The Bertz CT molecular complexity index is 704. The van der Waals surface area contributed by atoms with Crippen LogP contribution in [-0.2, 0) is 11.3 Å². The smallest absolute Gasteiger partial charge is 0.321 e. The molecule has 0 aromatic heterocycles. The second-order valence-electron chi connectivity index (χ2n) is 5.70. The number of likely N-dealkylation sites (N-methyl/N-ethyl adjacent to an activating group) is 1. The van der Waals surface area contributed by atoms with E-state index in [1.807, 2.05) is 66.5 Å². The van der Waals surface area contributed by atoms with E-state index in [-0.39, 0.29) is 5.91 Å². The highest BCUT2D eigenvalue weighted by molar-refractivity contribution is 6.30. The third-order valence-electron chi connectivity index (χ3n) is 3.72. The molecule has 0 saturated heterocycles. The molecular formula is C19H22ClN3O2. The van der Waals surface area contributed by atoms with Crippen LogP contribution in [0.15, 0.2) is 54.6 Å². The van der Waals surface area contributed by atoms with Gasteiger partial charge in [-0.15, -0.1) is 0 Å². The Morgan fingerprint density at radius 3 is 2.32 bits per heavy atom. The predicted octanol–water partition coefficient (Wildman–Crippen LogP) is 3.36. The molecule has 2 N–H and O–H groups in total. The zero-order chi connectivity index (χ0) is 18.2. The first-order valence-corrected chi connectivity index (χ1v) is 8.47. The van der Waals surface area contributed by atoms with E-state index in [1.165, 1.54) is 0 Å². The lowest BCUT2D eigenvalue weighted by molar-refractivity contribution is -0.125. The largest absolute Gasteiger partial charge is 0.338 e. The molecule has 0 fully saturated rings. The third-order valence-corrected chi connectivity index (χ3v) is 3.98. The Morgan fingerprint density at radius 2 is 1.72 bits per heavy atom. The Kier molecular flexibility index (Phi) is 6.98. The molecule has 0 radical (unpaired) electrons. The fourth-order valence-electron chi connectivity index (χ4n) is 2.60. The molecule has 2 aromatic rings. The van der Waals surface area contributed by atoms with Crippen LogP contribution in [0.2, 0.25) is 5.02 Å². The third kappa shape index (κ3) is 5.59. The molecule has 2 rings (SSSR count). The minimum Gasteiger partial charge on any atom is -0.338 e. The van der Waals surface area contributed by atoms with Crippen molar-refractivity contribution in [3.8, 4) is 0 Å². The summed E-state index contributed by atoms with van der Waals surface area (Å²) in [6.07, 6.45) is 0. The van der Waals surface area contributed by atoms with Gasteiger partial charge in [-0.05, 0) is 37.2 Å². The quantitative estimate of drug-likeness (QED) is 0.831. The van der Waals surface area contributed by atoms with Crippen molar-refractivity contribution in [3.63, 3.8) is 0 Å². The zero-order valence-electron chi connectivity index (χ0n) is 14.3. The zero-order valence-corrected chi connectivity index (χ0v) is 15.1. The predicted molar refractivity (Wildman–Crippen MR) is 99.3 cm³/mol. The molecule has 2 aromatic carbocycles. The van der Waals surface area contributed by atoms with E-state index in [4.69, 9.17) is 11.6 Å². The van der Waals surface area contributed by atoms with Crippen LogP contribution in [0.4, 0.5) is 4.79 Å². The average Bonchev–Trinajstić information content (AvgIpc) is 2.58. The lowest BCUT2D eigenvalue weighted by Gasteiger charge is -2.27. The van der Waals surface area contributed by atoms with Crippen molar-refractivity contribution in [1.82, 2.24) is 15.5 Å². The van der Waals surface area contributed by atoms with Crippen LogP contribution < -0.4 is 10.6 Å². The lowest BCUT2D eigenvalue weighted by atomic mass is 10.0. The summed E-state index contributed by atoms with van der Waals surface area (Å²) in [6, 6.07) is 15.8. The summed E-state index contributed by atoms with van der Waals surface area (Å²) in [5.74, 6) is -0.367. The van der Waals surface area contributed by atoms with Gasteiger partial charge in [0.2, 0.25) is 5.91 Å². The number of nitrogens with one attached hydrogen (secondary N) is 2. The van der Waals surface area contributed by atoms with E-state index in [0.717, 1.165) is 11.1 Å². The second kappa shape index (κ2) is 9.20. The maximum absolute atomic E-state index is 12.7. The fourth-order valence-corrected chi connectivity index (χ4v) is 2.72. The number of carbonyl (C=O) groups is 2. The molecule has 5 nitrogen and oxygen atoms in total. The van der Waals surface area contributed by atoms with Crippen molar-refractivity contribution in [2.75, 3.05) is 13.6 Å². The van der Waals surface area contributed by atoms with Gasteiger partial charge in [0.1, 0.15) is 6.04 Å². The monoisotopic (exact) mass is 359 g/mol. The summed E-state index contributed by atoms with van der Waals surface area (Å²) in [6.45, 7) is 2.79.